The van der Waals surface area contributed by atoms with Crippen LogP contribution in [0.4, 0.5) is 8.78 Å². The first-order valence-corrected chi connectivity index (χ1v) is 4.32. The summed E-state index contributed by atoms with van der Waals surface area (Å²) in [7, 11) is -3.82. The van der Waals surface area contributed by atoms with E-state index in [1.54, 1.807) is 0 Å². The van der Waals surface area contributed by atoms with Crippen molar-refractivity contribution in [2.75, 3.05) is 12.4 Å². The van der Waals surface area contributed by atoms with E-state index in [0.29, 0.717) is 0 Å². The van der Waals surface area contributed by atoms with E-state index in [1.165, 1.54) is 0 Å². The zero-order valence-corrected chi connectivity index (χ0v) is 6.48. The Kier molecular flexibility index (Phi) is 4.20. The fourth-order valence-corrected chi connectivity index (χ4v) is 1.04. The minimum Gasteiger partial charge on any atom is -0.264 e. The maximum Gasteiger partial charge on any atom is 0.271 e. The molecule has 0 N–H and O–H groups in total. The van der Waals surface area contributed by atoms with Crippen LogP contribution in [0.15, 0.2) is 12.7 Å². The molecule has 0 radical (unpaired) electrons. The van der Waals surface area contributed by atoms with Crippen molar-refractivity contribution in [2.45, 2.75) is 6.43 Å². The Bertz CT molecular complexity index is 210. The number of alkyl halides is 2. The second kappa shape index (κ2) is 4.40. The highest BCUT2D eigenvalue weighted by molar-refractivity contribution is 7.86. The van der Waals surface area contributed by atoms with Crippen LogP contribution < -0.4 is 0 Å². The van der Waals surface area contributed by atoms with Crippen LogP contribution >= 0.6 is 0 Å². The van der Waals surface area contributed by atoms with Gasteiger partial charge in [-0.2, -0.15) is 8.42 Å². The Hall–Kier alpha value is -0.490. The van der Waals surface area contributed by atoms with Gasteiger partial charge in [-0.1, -0.05) is 6.08 Å². The molecule has 0 heterocycles. The van der Waals surface area contributed by atoms with Crippen LogP contribution in [0.25, 0.3) is 0 Å². The maximum atomic E-state index is 11.4. The van der Waals surface area contributed by atoms with Crippen molar-refractivity contribution < 1.29 is 21.4 Å². The average Bonchev–Trinajstić information content (AvgIpc) is 1.84. The van der Waals surface area contributed by atoms with Crippen molar-refractivity contribution in [1.29, 1.82) is 0 Å². The SMILES string of the molecule is C=CCS(=O)(=O)OCC(F)F. The van der Waals surface area contributed by atoms with Gasteiger partial charge in [-0.3, -0.25) is 4.18 Å². The average molecular weight is 186 g/mol. The minimum absolute atomic E-state index is 0.445. The van der Waals surface area contributed by atoms with Crippen molar-refractivity contribution >= 4 is 10.1 Å². The Labute approximate surface area is 63.8 Å². The van der Waals surface area contributed by atoms with E-state index in [1.807, 2.05) is 0 Å². The molecule has 0 bridgehead atoms. The summed E-state index contributed by atoms with van der Waals surface area (Å²) in [5.41, 5.74) is 0. The molecule has 0 aliphatic heterocycles. The topological polar surface area (TPSA) is 43.4 Å². The number of hydrogen-bond donors (Lipinski definition) is 0. The molecule has 0 atom stereocenters. The highest BCUT2D eigenvalue weighted by Gasteiger charge is 2.12. The van der Waals surface area contributed by atoms with Gasteiger partial charge in [0.15, 0.2) is 0 Å². The molecule has 0 saturated carbocycles. The summed E-state index contributed by atoms with van der Waals surface area (Å²) in [4.78, 5) is 0. The molecule has 6 heteroatoms. The predicted molar refractivity (Wildman–Crippen MR) is 35.9 cm³/mol. The number of hydrogen-bond acceptors (Lipinski definition) is 3. The second-order valence-electron chi connectivity index (χ2n) is 1.69. The standard InChI is InChI=1S/C5H8F2O3S/c1-2-3-11(8,9)10-4-5(6)7/h2,5H,1,3-4H2. The molecule has 0 rings (SSSR count). The van der Waals surface area contributed by atoms with Gasteiger partial charge >= 0.3 is 0 Å². The fourth-order valence-electron chi connectivity index (χ4n) is 0.348. The van der Waals surface area contributed by atoms with E-state index in [4.69, 9.17) is 0 Å². The van der Waals surface area contributed by atoms with Gasteiger partial charge in [0.1, 0.15) is 6.61 Å². The second-order valence-corrected chi connectivity index (χ2v) is 3.37. The largest absolute Gasteiger partial charge is 0.271 e. The Morgan fingerprint density at radius 2 is 2.09 bits per heavy atom. The number of rotatable bonds is 5. The molecule has 0 fully saturated rings. The van der Waals surface area contributed by atoms with E-state index >= 15 is 0 Å². The van der Waals surface area contributed by atoms with Crippen LogP contribution in [0.1, 0.15) is 0 Å². The lowest BCUT2D eigenvalue weighted by Gasteiger charge is -2.00. The highest BCUT2D eigenvalue weighted by Crippen LogP contribution is 1.98. The van der Waals surface area contributed by atoms with Crippen LogP contribution in [0.5, 0.6) is 0 Å². The van der Waals surface area contributed by atoms with Crippen LogP contribution in [-0.2, 0) is 14.3 Å². The first-order valence-electron chi connectivity index (χ1n) is 2.74. The normalized spacial score (nSPS) is 11.9. The molecule has 0 aromatic heterocycles. The minimum atomic E-state index is -3.82. The van der Waals surface area contributed by atoms with Gasteiger partial charge in [-0.05, 0) is 0 Å². The third-order valence-corrected chi connectivity index (χ3v) is 1.83. The van der Waals surface area contributed by atoms with Gasteiger partial charge < -0.3 is 0 Å². The summed E-state index contributed by atoms with van der Waals surface area (Å²) in [5.74, 6) is -0.445. The molecule has 0 unspecified atom stereocenters. The monoisotopic (exact) mass is 186 g/mol. The highest BCUT2D eigenvalue weighted by atomic mass is 32.2. The van der Waals surface area contributed by atoms with Crippen molar-refractivity contribution in [3.63, 3.8) is 0 Å². The van der Waals surface area contributed by atoms with Crippen LogP contribution in [0.3, 0.4) is 0 Å². The van der Waals surface area contributed by atoms with Gasteiger partial charge in [-0.25, -0.2) is 8.78 Å². The summed E-state index contributed by atoms with van der Waals surface area (Å²) < 4.78 is 47.7. The predicted octanol–water partition coefficient (Wildman–Crippen LogP) is 0.784. The van der Waals surface area contributed by atoms with E-state index < -0.39 is 28.9 Å². The van der Waals surface area contributed by atoms with E-state index in [9.17, 15) is 17.2 Å². The molecule has 0 aromatic carbocycles. The van der Waals surface area contributed by atoms with E-state index in [2.05, 4.69) is 10.8 Å². The smallest absolute Gasteiger partial charge is 0.264 e. The van der Waals surface area contributed by atoms with E-state index in [0.717, 1.165) is 6.08 Å². The fraction of sp³-hybridized carbons (Fsp3) is 0.600. The van der Waals surface area contributed by atoms with Gasteiger partial charge in [0, 0.05) is 0 Å². The van der Waals surface area contributed by atoms with Gasteiger partial charge in [0.2, 0.25) is 0 Å². The first-order chi connectivity index (χ1) is 4.98. The molecule has 0 aliphatic rings. The van der Waals surface area contributed by atoms with Crippen LogP contribution in [0.2, 0.25) is 0 Å². The molecule has 0 aromatic rings. The molecule has 0 aliphatic carbocycles. The lowest BCUT2D eigenvalue weighted by molar-refractivity contribution is 0.0850. The summed E-state index contributed by atoms with van der Waals surface area (Å²) in [6.45, 7) is 2.04. The van der Waals surface area contributed by atoms with E-state index in [-0.39, 0.29) is 0 Å². The lowest BCUT2D eigenvalue weighted by atomic mass is 10.8. The van der Waals surface area contributed by atoms with Crippen molar-refractivity contribution in [2.24, 2.45) is 0 Å². The third-order valence-electron chi connectivity index (χ3n) is 0.696. The Morgan fingerprint density at radius 3 is 2.45 bits per heavy atom. The Balaban J connectivity index is 3.83. The number of halogens is 2. The summed E-state index contributed by atoms with van der Waals surface area (Å²) >= 11 is 0. The van der Waals surface area contributed by atoms with Crippen LogP contribution in [0, 0.1) is 0 Å². The molecule has 66 valence electrons. The first kappa shape index (κ1) is 10.5. The maximum absolute atomic E-state index is 11.4. The summed E-state index contributed by atoms with van der Waals surface area (Å²) in [5, 5.41) is 0. The molecule has 11 heavy (non-hydrogen) atoms. The van der Waals surface area contributed by atoms with Crippen molar-refractivity contribution in [3.05, 3.63) is 12.7 Å². The quantitative estimate of drug-likeness (QED) is 0.470. The summed E-state index contributed by atoms with van der Waals surface area (Å²) in [6.07, 6.45) is -1.70. The van der Waals surface area contributed by atoms with Crippen molar-refractivity contribution in [1.82, 2.24) is 0 Å². The summed E-state index contributed by atoms with van der Waals surface area (Å²) in [6, 6.07) is 0. The molecule has 0 amide bonds. The zero-order valence-electron chi connectivity index (χ0n) is 5.66. The van der Waals surface area contributed by atoms with Gasteiger partial charge in [-0.15, -0.1) is 6.58 Å². The zero-order chi connectivity index (χ0) is 8.91. The molecule has 0 spiro atoms. The van der Waals surface area contributed by atoms with Gasteiger partial charge in [0.25, 0.3) is 16.5 Å². The van der Waals surface area contributed by atoms with Crippen molar-refractivity contribution in [3.8, 4) is 0 Å². The molecular formula is C5H8F2O3S. The Morgan fingerprint density at radius 1 is 1.55 bits per heavy atom. The lowest BCUT2D eigenvalue weighted by Crippen LogP contribution is -2.13. The molecule has 3 nitrogen and oxygen atoms in total. The van der Waals surface area contributed by atoms with Gasteiger partial charge in [0.05, 0.1) is 5.75 Å². The van der Waals surface area contributed by atoms with Crippen LogP contribution in [-0.4, -0.2) is 27.2 Å². The third kappa shape index (κ3) is 5.93. The molecule has 0 saturated heterocycles. The molecular weight excluding hydrogens is 178 g/mol.